The largest absolute Gasteiger partial charge is 0.394 e. The van der Waals surface area contributed by atoms with E-state index in [-0.39, 0.29) is 193 Å². The van der Waals surface area contributed by atoms with Crippen LogP contribution in [0.2, 0.25) is 0 Å². The van der Waals surface area contributed by atoms with Crippen molar-refractivity contribution in [2.75, 3.05) is 139 Å². The van der Waals surface area contributed by atoms with Crippen molar-refractivity contribution in [2.24, 2.45) is 0 Å². The molecule has 3 rings (SSSR count). The molecule has 17 atom stereocenters. The molecule has 0 radical (unpaired) electrons. The molecule has 17 unspecified atom stereocenters. The van der Waals surface area contributed by atoms with Crippen LogP contribution in [0, 0.1) is 0 Å². The summed E-state index contributed by atoms with van der Waals surface area (Å²) in [6.45, 7) is 4.30. The molecule has 594 valence electrons. The van der Waals surface area contributed by atoms with E-state index in [1.54, 1.807) is 7.11 Å². The Kier molecular flexibility index (Phi) is 49.0. The van der Waals surface area contributed by atoms with Crippen molar-refractivity contribution in [3.05, 3.63) is 0 Å². The minimum atomic E-state index is -1.47. The molecule has 0 spiro atoms. The molecular formula is C67H121N5O30. The Labute approximate surface area is 597 Å². The molecule has 102 heavy (non-hydrogen) atoms. The van der Waals surface area contributed by atoms with Crippen LogP contribution in [0.25, 0.3) is 0 Å². The molecule has 35 heteroatoms. The fourth-order valence-electron chi connectivity index (χ4n) is 11.7. The average Bonchev–Trinajstić information content (AvgIpc) is 0.827. The molecular weight excluding hydrogens is 1350 g/mol. The molecule has 5 amide bonds. The van der Waals surface area contributed by atoms with Gasteiger partial charge < -0.3 is 139 Å². The summed E-state index contributed by atoms with van der Waals surface area (Å²) in [5.74, 6) is -2.32. The molecule has 0 saturated carbocycles. The van der Waals surface area contributed by atoms with Gasteiger partial charge in [0, 0.05) is 98.3 Å². The number of amides is 5. The van der Waals surface area contributed by atoms with E-state index in [1.807, 2.05) is 0 Å². The summed E-state index contributed by atoms with van der Waals surface area (Å²) in [5.41, 5.74) is -1.16. The van der Waals surface area contributed by atoms with Crippen LogP contribution >= 0.6 is 0 Å². The predicted molar refractivity (Wildman–Crippen MR) is 358 cm³/mol. The van der Waals surface area contributed by atoms with E-state index < -0.39 is 141 Å². The third kappa shape index (κ3) is 37.8. The van der Waals surface area contributed by atoms with Crippen LogP contribution < -0.4 is 26.6 Å². The first-order valence-corrected chi connectivity index (χ1v) is 35.8. The average molecular weight is 1480 g/mol. The number of rotatable bonds is 60. The quantitative estimate of drug-likeness (QED) is 0.0263. The van der Waals surface area contributed by atoms with E-state index in [4.69, 9.17) is 61.6 Å². The zero-order valence-corrected chi connectivity index (χ0v) is 60.0. The molecule has 3 aliphatic heterocycles. The molecule has 35 nitrogen and oxygen atoms in total. The number of carbonyl (C=O) groups excluding carboxylic acids is 7. The minimum absolute atomic E-state index is 0.0000181. The molecule has 3 saturated heterocycles. The number of ketones is 2. The lowest BCUT2D eigenvalue weighted by atomic mass is 9.81. The second-order valence-corrected chi connectivity index (χ2v) is 25.6. The smallest absolute Gasteiger partial charge is 0.220 e. The number of aliphatic hydroxyl groups excluding tert-OH is 10. The molecule has 0 aromatic rings. The summed E-state index contributed by atoms with van der Waals surface area (Å²) in [6.07, 6.45) is -9.47. The maximum absolute atomic E-state index is 14.0. The van der Waals surface area contributed by atoms with Gasteiger partial charge in [-0.2, -0.15) is 0 Å². The Morgan fingerprint density at radius 3 is 1.23 bits per heavy atom. The molecule has 3 heterocycles. The van der Waals surface area contributed by atoms with Gasteiger partial charge in [0.15, 0.2) is 18.9 Å². The summed E-state index contributed by atoms with van der Waals surface area (Å²) < 4.78 is 72.7. The first-order valence-electron chi connectivity index (χ1n) is 35.8. The molecule has 0 aromatic heterocycles. The Balaban J connectivity index is 1.59. The topological polar surface area (TPSA) is 502 Å². The number of hydrogen-bond donors (Lipinski definition) is 15. The number of aliphatic hydroxyl groups is 10. The van der Waals surface area contributed by atoms with Crippen molar-refractivity contribution in [1.82, 2.24) is 26.6 Å². The summed E-state index contributed by atoms with van der Waals surface area (Å²) in [7, 11) is 1.66. The lowest BCUT2D eigenvalue weighted by Crippen LogP contribution is -2.64. The fourth-order valence-corrected chi connectivity index (χ4v) is 11.7. The van der Waals surface area contributed by atoms with Gasteiger partial charge in [0.05, 0.1) is 112 Å². The van der Waals surface area contributed by atoms with Crippen molar-refractivity contribution >= 4 is 41.1 Å². The summed E-state index contributed by atoms with van der Waals surface area (Å²) in [6, 6.07) is -3.31. The maximum Gasteiger partial charge on any atom is 0.220 e. The van der Waals surface area contributed by atoms with E-state index in [9.17, 15) is 84.6 Å². The van der Waals surface area contributed by atoms with Crippen molar-refractivity contribution in [3.63, 3.8) is 0 Å². The van der Waals surface area contributed by atoms with Crippen LogP contribution in [0.5, 0.6) is 0 Å². The highest BCUT2D eigenvalue weighted by molar-refractivity contribution is 5.81. The molecule has 3 fully saturated rings. The van der Waals surface area contributed by atoms with E-state index in [0.29, 0.717) is 32.3 Å². The molecule has 15 N–H and O–H groups in total. The molecule has 0 aliphatic carbocycles. The van der Waals surface area contributed by atoms with Crippen LogP contribution in [0.3, 0.4) is 0 Å². The highest BCUT2D eigenvalue weighted by Crippen LogP contribution is 2.30. The van der Waals surface area contributed by atoms with Crippen LogP contribution in [-0.4, -0.2) is 335 Å². The Hall–Kier alpha value is -4.23. The van der Waals surface area contributed by atoms with E-state index in [0.717, 1.165) is 32.1 Å². The second kappa shape index (κ2) is 54.4. The predicted octanol–water partition coefficient (Wildman–Crippen LogP) is -3.50. The van der Waals surface area contributed by atoms with E-state index in [2.05, 4.69) is 26.6 Å². The van der Waals surface area contributed by atoms with Gasteiger partial charge in [0.25, 0.3) is 0 Å². The van der Waals surface area contributed by atoms with Gasteiger partial charge in [-0.25, -0.2) is 0 Å². The Morgan fingerprint density at radius 2 is 0.775 bits per heavy atom. The van der Waals surface area contributed by atoms with Gasteiger partial charge in [-0.1, -0.05) is 19.3 Å². The normalized spacial score (nSPS) is 26.0. The molecule has 3 aliphatic rings. The number of unbranched alkanes of at least 4 members (excludes halogenated alkanes) is 4. The van der Waals surface area contributed by atoms with Gasteiger partial charge >= 0.3 is 0 Å². The van der Waals surface area contributed by atoms with Crippen LogP contribution in [-0.2, 0) is 95.1 Å². The lowest BCUT2D eigenvalue weighted by molar-refractivity contribution is -0.272. The Bertz CT molecular complexity index is 2220. The maximum atomic E-state index is 14.0. The third-order valence-electron chi connectivity index (χ3n) is 17.3. The lowest BCUT2D eigenvalue weighted by Gasteiger charge is -2.42. The van der Waals surface area contributed by atoms with E-state index >= 15 is 0 Å². The van der Waals surface area contributed by atoms with Crippen molar-refractivity contribution in [1.29, 1.82) is 0 Å². The third-order valence-corrected chi connectivity index (χ3v) is 17.3. The Morgan fingerprint density at radius 1 is 0.392 bits per heavy atom. The summed E-state index contributed by atoms with van der Waals surface area (Å²) >= 11 is 0. The van der Waals surface area contributed by atoms with Crippen LogP contribution in [0.4, 0.5) is 0 Å². The summed E-state index contributed by atoms with van der Waals surface area (Å²) in [5, 5.41) is 116. The zero-order chi connectivity index (χ0) is 75.1. The highest BCUT2D eigenvalue weighted by Gasteiger charge is 2.48. The SMILES string of the molecule is COCCCCCCCC(=O)CCCC(=O)NC(CCC(=O)CCCOCCOCCOC1OC(CO)C(O)C(O)C1NC(C)=O)(CCC(=O)NCCOCCOCCOC1OC(CO)C(O)C(O)C1NC(C)=O)CCC(O)CCCOCCOCCOC1OC(CO)C(O)C(O)C1NC(C)=O. The number of Topliss-reactive ketones (excluding diaryl/α,β-unsaturated/α-hetero) is 2. The number of methoxy groups -OCH3 is 1. The first kappa shape index (κ1) is 92.0. The fraction of sp³-hybridized carbons (Fsp3) is 0.896. The minimum Gasteiger partial charge on any atom is -0.394 e. The number of nitrogens with one attached hydrogen (secondary N) is 5. The zero-order valence-electron chi connectivity index (χ0n) is 60.0. The van der Waals surface area contributed by atoms with Crippen molar-refractivity contribution in [3.8, 4) is 0 Å². The number of hydrogen-bond acceptors (Lipinski definition) is 30. The standard InChI is InChI=1S/C67H121N5O30/c1-44(76)69-55-61(87)58(84)50(41-73)100-64(55)97-38-35-94-32-29-91-26-11-15-48(80)18-21-67(72-54(83)17-10-14-47(79)13-8-6-5-7-9-25-90-4,22-19-49(81)16-12-27-92-30-33-95-36-39-98-65-56(70-45(2)77)62(88)59(85)51(42-74)101-65)23-20-53(82)68-24-28-93-31-34-96-37-40-99-66-57(71-46(3)78)63(89)60(86)52(43-75)102-66/h48,50-52,55-66,73-75,80,84-89H,5-43H2,1-4H3,(H,68,82)(H,69,76)(H,70,77)(H,71,78)(H,72,83). The molecule has 0 bridgehead atoms. The van der Waals surface area contributed by atoms with Gasteiger partial charge in [0.1, 0.15) is 84.6 Å². The summed E-state index contributed by atoms with van der Waals surface area (Å²) in [4.78, 5) is 89.4. The first-order chi connectivity index (χ1) is 49.0. The second-order valence-electron chi connectivity index (χ2n) is 25.6. The van der Waals surface area contributed by atoms with Crippen LogP contribution in [0.15, 0.2) is 0 Å². The van der Waals surface area contributed by atoms with Gasteiger partial charge in [0.2, 0.25) is 29.5 Å². The van der Waals surface area contributed by atoms with Gasteiger partial charge in [-0.05, 0) is 64.2 Å². The number of carbonyl (C=O) groups is 7. The molecule has 0 aromatic carbocycles. The van der Waals surface area contributed by atoms with Gasteiger partial charge in [-0.15, -0.1) is 0 Å². The van der Waals surface area contributed by atoms with Gasteiger partial charge in [-0.3, -0.25) is 33.6 Å². The van der Waals surface area contributed by atoms with Crippen molar-refractivity contribution < 1.29 is 146 Å². The van der Waals surface area contributed by atoms with Crippen LogP contribution in [0.1, 0.15) is 143 Å². The van der Waals surface area contributed by atoms with Crippen molar-refractivity contribution in [2.45, 2.75) is 246 Å². The number of ether oxygens (including phenoxy) is 13. The highest BCUT2D eigenvalue weighted by atomic mass is 16.7. The van der Waals surface area contributed by atoms with E-state index in [1.165, 1.54) is 20.8 Å². The monoisotopic (exact) mass is 1480 g/mol.